The standard InChI is InChI=1S/C14H19NO5S/c1-9(2)7-21(19,20)8-13(16)15-11-5-4-10(3)12(6-11)14(17)18/h4-6,9H,7-8H2,1-3H3,(H,15,16)(H,17,18). The van der Waals surface area contributed by atoms with Crippen molar-refractivity contribution in [1.82, 2.24) is 0 Å². The number of amides is 1. The molecular formula is C14H19NO5S. The molecule has 0 aliphatic heterocycles. The molecule has 1 aromatic carbocycles. The zero-order valence-corrected chi connectivity index (χ0v) is 13.0. The van der Waals surface area contributed by atoms with Crippen LogP contribution >= 0.6 is 0 Å². The number of carbonyl (C=O) groups excluding carboxylic acids is 1. The number of carboxylic acids is 1. The van der Waals surface area contributed by atoms with Gasteiger partial charge in [-0.3, -0.25) is 4.79 Å². The predicted molar refractivity (Wildman–Crippen MR) is 80.3 cm³/mol. The van der Waals surface area contributed by atoms with E-state index in [4.69, 9.17) is 5.11 Å². The molecule has 0 aromatic heterocycles. The van der Waals surface area contributed by atoms with Crippen molar-refractivity contribution in [2.75, 3.05) is 16.8 Å². The number of rotatable bonds is 6. The summed E-state index contributed by atoms with van der Waals surface area (Å²) in [5.74, 6) is -2.50. The van der Waals surface area contributed by atoms with Crippen LogP contribution in [0.3, 0.4) is 0 Å². The van der Waals surface area contributed by atoms with Gasteiger partial charge in [-0.05, 0) is 30.5 Å². The summed E-state index contributed by atoms with van der Waals surface area (Å²) < 4.78 is 23.4. The highest BCUT2D eigenvalue weighted by Crippen LogP contribution is 2.15. The Bertz CT molecular complexity index is 649. The van der Waals surface area contributed by atoms with E-state index >= 15 is 0 Å². The first kappa shape index (κ1) is 17.2. The molecule has 0 spiro atoms. The van der Waals surface area contributed by atoms with Gasteiger partial charge in [0.25, 0.3) is 0 Å². The van der Waals surface area contributed by atoms with E-state index in [0.29, 0.717) is 5.56 Å². The normalized spacial score (nSPS) is 11.4. The fraction of sp³-hybridized carbons (Fsp3) is 0.429. The van der Waals surface area contributed by atoms with E-state index in [2.05, 4.69) is 5.32 Å². The maximum Gasteiger partial charge on any atom is 0.336 e. The van der Waals surface area contributed by atoms with Crippen LogP contribution in [-0.4, -0.2) is 36.9 Å². The highest BCUT2D eigenvalue weighted by atomic mass is 32.2. The molecule has 7 heteroatoms. The van der Waals surface area contributed by atoms with Crippen molar-refractivity contribution < 1.29 is 23.1 Å². The van der Waals surface area contributed by atoms with Crippen molar-refractivity contribution in [2.45, 2.75) is 20.8 Å². The number of hydrogen-bond acceptors (Lipinski definition) is 4. The molecule has 0 heterocycles. The van der Waals surface area contributed by atoms with Crippen LogP contribution in [0.1, 0.15) is 29.8 Å². The second-order valence-electron chi connectivity index (χ2n) is 5.33. The second kappa shape index (κ2) is 6.71. The van der Waals surface area contributed by atoms with Gasteiger partial charge in [0.15, 0.2) is 9.84 Å². The monoisotopic (exact) mass is 313 g/mol. The fourth-order valence-corrected chi connectivity index (χ4v) is 3.50. The number of aromatic carboxylic acids is 1. The molecule has 1 rings (SSSR count). The molecule has 0 fully saturated rings. The van der Waals surface area contributed by atoms with Gasteiger partial charge in [-0.2, -0.15) is 0 Å². The van der Waals surface area contributed by atoms with Crippen LogP contribution in [0.25, 0.3) is 0 Å². The van der Waals surface area contributed by atoms with Crippen molar-refractivity contribution in [3.05, 3.63) is 29.3 Å². The number of nitrogens with one attached hydrogen (secondary N) is 1. The van der Waals surface area contributed by atoms with Gasteiger partial charge >= 0.3 is 5.97 Å². The molecule has 1 aromatic rings. The second-order valence-corrected chi connectivity index (χ2v) is 7.44. The Hall–Kier alpha value is -1.89. The van der Waals surface area contributed by atoms with E-state index in [1.807, 2.05) is 0 Å². The molecule has 6 nitrogen and oxygen atoms in total. The van der Waals surface area contributed by atoms with E-state index in [1.165, 1.54) is 12.1 Å². The Kier molecular flexibility index (Phi) is 5.48. The average Bonchev–Trinajstić information content (AvgIpc) is 2.28. The first-order valence-corrected chi connectivity index (χ1v) is 8.27. The number of carbonyl (C=O) groups is 2. The van der Waals surface area contributed by atoms with Crippen LogP contribution in [0.5, 0.6) is 0 Å². The van der Waals surface area contributed by atoms with E-state index in [1.54, 1.807) is 26.8 Å². The summed E-state index contributed by atoms with van der Waals surface area (Å²) in [5, 5.41) is 11.4. The minimum atomic E-state index is -3.46. The van der Waals surface area contributed by atoms with Crippen molar-refractivity contribution in [3.8, 4) is 0 Å². The van der Waals surface area contributed by atoms with Crippen molar-refractivity contribution in [3.63, 3.8) is 0 Å². The Morgan fingerprint density at radius 2 is 1.90 bits per heavy atom. The minimum Gasteiger partial charge on any atom is -0.478 e. The lowest BCUT2D eigenvalue weighted by Gasteiger charge is -2.09. The summed E-state index contributed by atoms with van der Waals surface area (Å²) in [4.78, 5) is 22.7. The van der Waals surface area contributed by atoms with Crippen molar-refractivity contribution in [1.29, 1.82) is 0 Å². The first-order valence-electron chi connectivity index (χ1n) is 6.45. The summed E-state index contributed by atoms with van der Waals surface area (Å²) in [5.41, 5.74) is 0.897. The van der Waals surface area contributed by atoms with Crippen LogP contribution < -0.4 is 5.32 Å². The Morgan fingerprint density at radius 1 is 1.29 bits per heavy atom. The largest absolute Gasteiger partial charge is 0.478 e. The van der Waals surface area contributed by atoms with Gasteiger partial charge in [0, 0.05) is 5.69 Å². The van der Waals surface area contributed by atoms with Gasteiger partial charge in [-0.1, -0.05) is 19.9 Å². The third-order valence-electron chi connectivity index (χ3n) is 2.69. The van der Waals surface area contributed by atoms with Crippen LogP contribution in [0.15, 0.2) is 18.2 Å². The molecule has 0 saturated heterocycles. The summed E-state index contributed by atoms with van der Waals surface area (Å²) in [7, 11) is -3.46. The van der Waals surface area contributed by atoms with E-state index in [9.17, 15) is 18.0 Å². The number of aryl methyl sites for hydroxylation is 1. The summed E-state index contributed by atoms with van der Waals surface area (Å²) >= 11 is 0. The molecule has 1 amide bonds. The molecule has 0 aliphatic carbocycles. The summed E-state index contributed by atoms with van der Waals surface area (Å²) in [6, 6.07) is 4.40. The smallest absolute Gasteiger partial charge is 0.336 e. The van der Waals surface area contributed by atoms with Gasteiger partial charge in [0.2, 0.25) is 5.91 Å². The number of benzene rings is 1. The van der Waals surface area contributed by atoms with E-state index in [-0.39, 0.29) is 22.9 Å². The number of hydrogen-bond donors (Lipinski definition) is 2. The molecular weight excluding hydrogens is 294 g/mol. The third-order valence-corrected chi connectivity index (χ3v) is 4.57. The van der Waals surface area contributed by atoms with Crippen LogP contribution in [0.4, 0.5) is 5.69 Å². The highest BCUT2D eigenvalue weighted by molar-refractivity contribution is 7.92. The van der Waals surface area contributed by atoms with Gasteiger partial charge in [-0.15, -0.1) is 0 Å². The van der Waals surface area contributed by atoms with Crippen LogP contribution in [0, 0.1) is 12.8 Å². The van der Waals surface area contributed by atoms with Crippen LogP contribution in [-0.2, 0) is 14.6 Å². The molecule has 0 saturated carbocycles. The van der Waals surface area contributed by atoms with E-state index < -0.39 is 27.5 Å². The van der Waals surface area contributed by atoms with Gasteiger partial charge < -0.3 is 10.4 Å². The highest BCUT2D eigenvalue weighted by Gasteiger charge is 2.18. The quantitative estimate of drug-likeness (QED) is 0.832. The lowest BCUT2D eigenvalue weighted by atomic mass is 10.1. The lowest BCUT2D eigenvalue weighted by Crippen LogP contribution is -2.26. The molecule has 0 aliphatic rings. The molecule has 0 atom stereocenters. The SMILES string of the molecule is Cc1ccc(NC(=O)CS(=O)(=O)CC(C)C)cc1C(=O)O. The zero-order chi connectivity index (χ0) is 16.2. The molecule has 116 valence electrons. The number of anilines is 1. The number of sulfone groups is 1. The predicted octanol–water partition coefficient (Wildman–Crippen LogP) is 1.70. The van der Waals surface area contributed by atoms with E-state index in [0.717, 1.165) is 0 Å². The lowest BCUT2D eigenvalue weighted by molar-refractivity contribution is -0.113. The van der Waals surface area contributed by atoms with Gasteiger partial charge in [-0.25, -0.2) is 13.2 Å². The summed E-state index contributed by atoms with van der Waals surface area (Å²) in [6.45, 7) is 5.16. The fourth-order valence-electron chi connectivity index (χ4n) is 1.89. The average molecular weight is 313 g/mol. The molecule has 21 heavy (non-hydrogen) atoms. The molecule has 0 radical (unpaired) electrons. The zero-order valence-electron chi connectivity index (χ0n) is 12.2. The van der Waals surface area contributed by atoms with Crippen molar-refractivity contribution >= 4 is 27.4 Å². The summed E-state index contributed by atoms with van der Waals surface area (Å²) in [6.07, 6.45) is 0. The Morgan fingerprint density at radius 3 is 2.43 bits per heavy atom. The van der Waals surface area contributed by atoms with Gasteiger partial charge in [0.05, 0.1) is 11.3 Å². The topological polar surface area (TPSA) is 101 Å². The molecule has 2 N–H and O–H groups in total. The minimum absolute atomic E-state index is 0.0548. The Balaban J connectivity index is 2.80. The molecule has 0 bridgehead atoms. The first-order chi connectivity index (χ1) is 9.60. The maximum atomic E-state index is 11.7. The van der Waals surface area contributed by atoms with Gasteiger partial charge in [0.1, 0.15) is 5.75 Å². The van der Waals surface area contributed by atoms with Crippen molar-refractivity contribution in [2.24, 2.45) is 5.92 Å². The Labute approximate surface area is 124 Å². The number of carboxylic acid groups (broad SMARTS) is 1. The maximum absolute atomic E-state index is 11.7. The third kappa shape index (κ3) is 5.55. The molecule has 0 unspecified atom stereocenters. The van der Waals surface area contributed by atoms with Crippen LogP contribution in [0.2, 0.25) is 0 Å².